The number of rotatable bonds is 5. The summed E-state index contributed by atoms with van der Waals surface area (Å²) in [5, 5.41) is 2.83. The van der Waals surface area contributed by atoms with Crippen LogP contribution in [-0.2, 0) is 9.53 Å². The second-order valence-corrected chi connectivity index (χ2v) is 5.25. The van der Waals surface area contributed by atoms with E-state index >= 15 is 0 Å². The summed E-state index contributed by atoms with van der Waals surface area (Å²) in [5.41, 5.74) is 6.17. The Morgan fingerprint density at radius 2 is 2.20 bits per heavy atom. The normalized spacial score (nSPS) is 17.6. The quantitative estimate of drug-likeness (QED) is 0.867. The number of ether oxygens (including phenoxy) is 1. The van der Waals surface area contributed by atoms with Gasteiger partial charge in [0.25, 0.3) is 5.91 Å². The van der Waals surface area contributed by atoms with Crippen molar-refractivity contribution in [2.45, 2.75) is 57.7 Å². The summed E-state index contributed by atoms with van der Waals surface area (Å²) < 4.78 is 5.94. The molecule has 1 heterocycles. The van der Waals surface area contributed by atoms with Gasteiger partial charge in [-0.2, -0.15) is 0 Å². The van der Waals surface area contributed by atoms with Crippen molar-refractivity contribution in [3.05, 3.63) is 18.3 Å². The van der Waals surface area contributed by atoms with Crippen LogP contribution in [0.15, 0.2) is 18.3 Å². The summed E-state index contributed by atoms with van der Waals surface area (Å²) in [5.74, 6) is 0.332. The molecule has 110 valence electrons. The zero-order valence-electron chi connectivity index (χ0n) is 12.0. The predicted molar refractivity (Wildman–Crippen MR) is 79.3 cm³/mol. The SMILES string of the molecule is CCC(OC1CCCCC1)C(=O)Nc1ccc(N)nc1. The number of amides is 1. The van der Waals surface area contributed by atoms with Gasteiger partial charge in [0.1, 0.15) is 11.9 Å². The van der Waals surface area contributed by atoms with Gasteiger partial charge in [-0.25, -0.2) is 4.98 Å². The van der Waals surface area contributed by atoms with E-state index in [2.05, 4.69) is 10.3 Å². The van der Waals surface area contributed by atoms with E-state index in [0.717, 1.165) is 12.8 Å². The largest absolute Gasteiger partial charge is 0.384 e. The molecule has 20 heavy (non-hydrogen) atoms. The lowest BCUT2D eigenvalue weighted by Crippen LogP contribution is -2.34. The van der Waals surface area contributed by atoms with Crippen LogP contribution >= 0.6 is 0 Å². The van der Waals surface area contributed by atoms with Gasteiger partial charge < -0.3 is 15.8 Å². The second-order valence-electron chi connectivity index (χ2n) is 5.25. The third kappa shape index (κ3) is 4.20. The maximum Gasteiger partial charge on any atom is 0.253 e. The number of hydrogen-bond acceptors (Lipinski definition) is 4. The number of nitrogen functional groups attached to an aromatic ring is 1. The predicted octanol–water partition coefficient (Wildman–Crippen LogP) is 2.73. The van der Waals surface area contributed by atoms with E-state index in [1.807, 2.05) is 6.92 Å². The van der Waals surface area contributed by atoms with Crippen molar-refractivity contribution < 1.29 is 9.53 Å². The number of anilines is 2. The summed E-state index contributed by atoms with van der Waals surface area (Å²) in [6, 6.07) is 3.41. The smallest absolute Gasteiger partial charge is 0.253 e. The van der Waals surface area contributed by atoms with Gasteiger partial charge in [0, 0.05) is 0 Å². The third-order valence-corrected chi connectivity index (χ3v) is 3.63. The fourth-order valence-electron chi connectivity index (χ4n) is 2.48. The Balaban J connectivity index is 1.89. The summed E-state index contributed by atoms with van der Waals surface area (Å²) in [6.45, 7) is 1.97. The van der Waals surface area contributed by atoms with Crippen LogP contribution < -0.4 is 11.1 Å². The van der Waals surface area contributed by atoms with E-state index in [1.165, 1.54) is 19.3 Å². The first-order valence-corrected chi connectivity index (χ1v) is 7.37. The number of pyridine rings is 1. The molecule has 1 amide bonds. The molecule has 1 aromatic rings. The molecule has 1 fully saturated rings. The first kappa shape index (κ1) is 14.8. The molecule has 0 aliphatic heterocycles. The fourth-order valence-corrected chi connectivity index (χ4v) is 2.48. The van der Waals surface area contributed by atoms with Crippen molar-refractivity contribution in [1.82, 2.24) is 4.98 Å². The lowest BCUT2D eigenvalue weighted by Gasteiger charge is -2.26. The molecule has 0 spiro atoms. The Morgan fingerprint density at radius 1 is 1.45 bits per heavy atom. The third-order valence-electron chi connectivity index (χ3n) is 3.63. The summed E-state index contributed by atoms with van der Waals surface area (Å²) >= 11 is 0. The minimum atomic E-state index is -0.393. The van der Waals surface area contributed by atoms with Gasteiger partial charge >= 0.3 is 0 Å². The second kappa shape index (κ2) is 7.24. The Kier molecular flexibility index (Phi) is 5.35. The molecule has 0 aromatic carbocycles. The number of carbonyl (C=O) groups excluding carboxylic acids is 1. The Bertz CT molecular complexity index is 427. The van der Waals surface area contributed by atoms with E-state index in [9.17, 15) is 4.79 Å². The molecule has 1 aliphatic carbocycles. The van der Waals surface area contributed by atoms with E-state index in [1.54, 1.807) is 18.3 Å². The molecular formula is C15H23N3O2. The van der Waals surface area contributed by atoms with Gasteiger partial charge in [-0.15, -0.1) is 0 Å². The maximum absolute atomic E-state index is 12.2. The highest BCUT2D eigenvalue weighted by molar-refractivity contribution is 5.94. The van der Waals surface area contributed by atoms with Crippen molar-refractivity contribution in [2.75, 3.05) is 11.1 Å². The summed E-state index contributed by atoms with van der Waals surface area (Å²) in [4.78, 5) is 16.2. The van der Waals surface area contributed by atoms with Crippen LogP contribution in [0.4, 0.5) is 11.5 Å². The van der Waals surface area contributed by atoms with Crippen LogP contribution in [0, 0.1) is 0 Å². The van der Waals surface area contributed by atoms with E-state index in [0.29, 0.717) is 17.9 Å². The van der Waals surface area contributed by atoms with Crippen molar-refractivity contribution in [2.24, 2.45) is 0 Å². The highest BCUT2D eigenvalue weighted by atomic mass is 16.5. The summed E-state index contributed by atoms with van der Waals surface area (Å²) in [7, 11) is 0. The molecule has 1 unspecified atom stereocenters. The molecule has 0 saturated heterocycles. The van der Waals surface area contributed by atoms with Crippen molar-refractivity contribution in [3.8, 4) is 0 Å². The Morgan fingerprint density at radius 3 is 2.80 bits per heavy atom. The van der Waals surface area contributed by atoms with E-state index in [4.69, 9.17) is 10.5 Å². The molecule has 2 rings (SSSR count). The van der Waals surface area contributed by atoms with Gasteiger partial charge in [-0.3, -0.25) is 4.79 Å². The van der Waals surface area contributed by atoms with Crippen LogP contribution in [0.5, 0.6) is 0 Å². The molecule has 0 radical (unpaired) electrons. The zero-order chi connectivity index (χ0) is 14.4. The highest BCUT2D eigenvalue weighted by Crippen LogP contribution is 2.22. The average molecular weight is 277 g/mol. The molecular weight excluding hydrogens is 254 g/mol. The van der Waals surface area contributed by atoms with Gasteiger partial charge in [0.2, 0.25) is 0 Å². The lowest BCUT2D eigenvalue weighted by atomic mass is 9.97. The first-order valence-electron chi connectivity index (χ1n) is 7.37. The number of hydrogen-bond donors (Lipinski definition) is 2. The van der Waals surface area contributed by atoms with Gasteiger partial charge in [0.05, 0.1) is 18.0 Å². The van der Waals surface area contributed by atoms with E-state index < -0.39 is 6.10 Å². The number of carbonyl (C=O) groups is 1. The molecule has 1 atom stereocenters. The number of nitrogens with one attached hydrogen (secondary N) is 1. The molecule has 5 heteroatoms. The van der Waals surface area contributed by atoms with Crippen LogP contribution in [-0.4, -0.2) is 23.1 Å². The van der Waals surface area contributed by atoms with Crippen molar-refractivity contribution in [3.63, 3.8) is 0 Å². The monoisotopic (exact) mass is 277 g/mol. The first-order chi connectivity index (χ1) is 9.69. The minimum absolute atomic E-state index is 0.107. The van der Waals surface area contributed by atoms with Crippen molar-refractivity contribution in [1.29, 1.82) is 0 Å². The lowest BCUT2D eigenvalue weighted by molar-refractivity contribution is -0.132. The molecule has 1 aromatic heterocycles. The van der Waals surface area contributed by atoms with Gasteiger partial charge in [-0.1, -0.05) is 26.2 Å². The van der Waals surface area contributed by atoms with Crippen molar-refractivity contribution >= 4 is 17.4 Å². The molecule has 1 aliphatic rings. The van der Waals surface area contributed by atoms with Gasteiger partial charge in [-0.05, 0) is 31.4 Å². The fraction of sp³-hybridized carbons (Fsp3) is 0.600. The van der Waals surface area contributed by atoms with Crippen LogP contribution in [0.3, 0.4) is 0 Å². The number of nitrogens with zero attached hydrogens (tertiary/aromatic N) is 1. The van der Waals surface area contributed by atoms with Crippen LogP contribution in [0.2, 0.25) is 0 Å². The number of nitrogens with two attached hydrogens (primary N) is 1. The van der Waals surface area contributed by atoms with Crippen LogP contribution in [0.1, 0.15) is 45.4 Å². The molecule has 5 nitrogen and oxygen atoms in total. The standard InChI is InChI=1S/C15H23N3O2/c1-2-13(20-12-6-4-3-5-7-12)15(19)18-11-8-9-14(16)17-10-11/h8-10,12-13H,2-7H2,1H3,(H2,16,17)(H,18,19). The molecule has 1 saturated carbocycles. The van der Waals surface area contributed by atoms with Crippen LogP contribution in [0.25, 0.3) is 0 Å². The highest BCUT2D eigenvalue weighted by Gasteiger charge is 2.23. The van der Waals surface area contributed by atoms with Gasteiger partial charge in [0.15, 0.2) is 0 Å². The average Bonchev–Trinajstić information content (AvgIpc) is 2.48. The summed E-state index contributed by atoms with van der Waals surface area (Å²) in [6.07, 6.45) is 7.86. The Labute approximate surface area is 119 Å². The molecule has 0 bridgehead atoms. The Hall–Kier alpha value is -1.62. The van der Waals surface area contributed by atoms with E-state index in [-0.39, 0.29) is 12.0 Å². The topological polar surface area (TPSA) is 77.2 Å². The minimum Gasteiger partial charge on any atom is -0.384 e. The molecule has 3 N–H and O–H groups in total. The number of aromatic nitrogens is 1. The maximum atomic E-state index is 12.2. The zero-order valence-corrected chi connectivity index (χ0v) is 12.0.